The van der Waals surface area contributed by atoms with E-state index in [0.29, 0.717) is 17.3 Å². The summed E-state index contributed by atoms with van der Waals surface area (Å²) in [4.78, 5) is 16.2. The molecule has 0 amide bonds. The van der Waals surface area contributed by atoms with E-state index in [9.17, 15) is 13.2 Å². The number of nitrogens with zero attached hydrogens (tertiary/aromatic N) is 4. The second-order valence-electron chi connectivity index (χ2n) is 6.06. The SMILES string of the molecule is FC(F)(F)c1nc(N2CCC3CCCCC32)c2[nH]cnc2n1. The number of anilines is 1. The summed E-state index contributed by atoms with van der Waals surface area (Å²) in [5.74, 6) is -0.193. The second kappa shape index (κ2) is 4.82. The number of hydrogen-bond donors (Lipinski definition) is 1. The molecule has 0 spiro atoms. The molecule has 0 radical (unpaired) electrons. The first-order valence-corrected chi connectivity index (χ1v) is 7.59. The molecule has 4 rings (SSSR count). The Bertz CT molecular complexity index is 695. The number of nitrogens with one attached hydrogen (secondary N) is 1. The van der Waals surface area contributed by atoms with Gasteiger partial charge in [-0.1, -0.05) is 12.8 Å². The van der Waals surface area contributed by atoms with Crippen molar-refractivity contribution in [3.63, 3.8) is 0 Å². The highest BCUT2D eigenvalue weighted by Gasteiger charge is 2.40. The van der Waals surface area contributed by atoms with Crippen LogP contribution < -0.4 is 4.90 Å². The molecule has 2 aromatic rings. The molecule has 1 saturated carbocycles. The van der Waals surface area contributed by atoms with E-state index < -0.39 is 12.0 Å². The van der Waals surface area contributed by atoms with Gasteiger partial charge in [0.2, 0.25) is 5.82 Å². The van der Waals surface area contributed by atoms with Crippen LogP contribution in [0.1, 0.15) is 37.9 Å². The first kappa shape index (κ1) is 13.8. The molecule has 2 atom stereocenters. The Hall–Kier alpha value is -1.86. The lowest BCUT2D eigenvalue weighted by Crippen LogP contribution is -2.35. The Morgan fingerprint density at radius 1 is 1.14 bits per heavy atom. The van der Waals surface area contributed by atoms with Crippen molar-refractivity contribution < 1.29 is 13.2 Å². The van der Waals surface area contributed by atoms with Crippen LogP contribution in [-0.2, 0) is 6.18 Å². The van der Waals surface area contributed by atoms with Crippen molar-refractivity contribution in [2.45, 2.75) is 44.3 Å². The van der Waals surface area contributed by atoms with E-state index >= 15 is 0 Å². The number of imidazole rings is 1. The molecule has 3 heterocycles. The van der Waals surface area contributed by atoms with Gasteiger partial charge in [0, 0.05) is 12.6 Å². The fraction of sp³-hybridized carbons (Fsp3) is 0.643. The number of aromatic amines is 1. The first-order chi connectivity index (χ1) is 10.5. The summed E-state index contributed by atoms with van der Waals surface area (Å²) in [6, 6.07) is 0.288. The van der Waals surface area contributed by atoms with E-state index in [2.05, 4.69) is 19.9 Å². The smallest absolute Gasteiger partial charge is 0.351 e. The molecule has 2 fully saturated rings. The minimum absolute atomic E-state index is 0.0802. The van der Waals surface area contributed by atoms with Gasteiger partial charge >= 0.3 is 6.18 Å². The zero-order chi connectivity index (χ0) is 15.3. The van der Waals surface area contributed by atoms with Crippen LogP contribution >= 0.6 is 0 Å². The Morgan fingerprint density at radius 3 is 2.77 bits per heavy atom. The Kier molecular flexibility index (Phi) is 3.02. The van der Waals surface area contributed by atoms with Gasteiger partial charge in [0.1, 0.15) is 5.52 Å². The van der Waals surface area contributed by atoms with Crippen molar-refractivity contribution in [3.8, 4) is 0 Å². The number of hydrogen-bond acceptors (Lipinski definition) is 4. The predicted octanol–water partition coefficient (Wildman–Crippen LogP) is 3.14. The van der Waals surface area contributed by atoms with Crippen LogP contribution in [0.15, 0.2) is 6.33 Å². The molecule has 2 aliphatic rings. The molecule has 1 aliphatic carbocycles. The quantitative estimate of drug-likeness (QED) is 0.879. The average Bonchev–Trinajstić information content (AvgIpc) is 3.12. The molecule has 1 saturated heterocycles. The number of fused-ring (bicyclic) bond motifs is 2. The monoisotopic (exact) mass is 311 g/mol. The standard InChI is InChI=1S/C14H16F3N5/c15-14(16,17)13-20-11-10(18-7-19-11)12(21-13)22-6-5-8-3-1-2-4-9(8)22/h7-9H,1-6H2,(H,18,19,20,21). The molecule has 8 heteroatoms. The maximum absolute atomic E-state index is 13.0. The molecule has 2 unspecified atom stereocenters. The van der Waals surface area contributed by atoms with E-state index in [1.165, 1.54) is 12.7 Å². The number of aromatic nitrogens is 4. The second-order valence-corrected chi connectivity index (χ2v) is 6.06. The van der Waals surface area contributed by atoms with Crippen LogP contribution in [0.2, 0.25) is 0 Å². The van der Waals surface area contributed by atoms with Gasteiger partial charge in [0.15, 0.2) is 11.5 Å². The van der Waals surface area contributed by atoms with E-state index in [1.54, 1.807) is 0 Å². The van der Waals surface area contributed by atoms with Crippen LogP contribution in [0, 0.1) is 5.92 Å². The lowest BCUT2D eigenvalue weighted by Gasteiger charge is -2.32. The number of H-pyrrole nitrogens is 1. The van der Waals surface area contributed by atoms with Crippen molar-refractivity contribution in [1.29, 1.82) is 0 Å². The number of halogens is 3. The molecule has 1 N–H and O–H groups in total. The van der Waals surface area contributed by atoms with E-state index in [4.69, 9.17) is 0 Å². The van der Waals surface area contributed by atoms with Gasteiger partial charge in [-0.15, -0.1) is 0 Å². The van der Waals surface area contributed by atoms with Gasteiger partial charge < -0.3 is 9.88 Å². The fourth-order valence-electron chi connectivity index (χ4n) is 3.82. The van der Waals surface area contributed by atoms with Crippen molar-refractivity contribution >= 4 is 17.0 Å². The highest BCUT2D eigenvalue weighted by atomic mass is 19.4. The van der Waals surface area contributed by atoms with Crippen LogP contribution in [0.5, 0.6) is 0 Å². The van der Waals surface area contributed by atoms with Gasteiger partial charge in [-0.25, -0.2) is 15.0 Å². The van der Waals surface area contributed by atoms with Gasteiger partial charge in [-0.3, -0.25) is 0 Å². The third-order valence-corrected chi connectivity index (χ3v) is 4.80. The van der Waals surface area contributed by atoms with Crippen LogP contribution in [0.3, 0.4) is 0 Å². The van der Waals surface area contributed by atoms with Crippen molar-refractivity contribution in [1.82, 2.24) is 19.9 Å². The number of rotatable bonds is 1. The Labute approximate surface area is 125 Å². The fourth-order valence-corrected chi connectivity index (χ4v) is 3.82. The molecular formula is C14H16F3N5. The normalized spacial score (nSPS) is 25.7. The van der Waals surface area contributed by atoms with E-state index in [0.717, 1.165) is 32.2 Å². The molecule has 22 heavy (non-hydrogen) atoms. The summed E-state index contributed by atoms with van der Waals surface area (Å²) in [7, 11) is 0. The minimum atomic E-state index is -4.56. The molecular weight excluding hydrogens is 295 g/mol. The third-order valence-electron chi connectivity index (χ3n) is 4.80. The first-order valence-electron chi connectivity index (χ1n) is 7.59. The summed E-state index contributed by atoms with van der Waals surface area (Å²) < 4.78 is 39.1. The maximum Gasteiger partial charge on any atom is 0.451 e. The molecule has 1 aliphatic heterocycles. The Morgan fingerprint density at radius 2 is 1.95 bits per heavy atom. The largest absolute Gasteiger partial charge is 0.451 e. The van der Waals surface area contributed by atoms with Gasteiger partial charge in [-0.2, -0.15) is 13.2 Å². The molecule has 0 aromatic carbocycles. The highest BCUT2D eigenvalue weighted by Crippen LogP contribution is 2.40. The zero-order valence-electron chi connectivity index (χ0n) is 11.9. The molecule has 2 aromatic heterocycles. The summed E-state index contributed by atoms with van der Waals surface area (Å²) >= 11 is 0. The summed E-state index contributed by atoms with van der Waals surface area (Å²) in [5.41, 5.74) is 0.579. The van der Waals surface area contributed by atoms with Gasteiger partial charge in [-0.05, 0) is 25.2 Å². The Balaban J connectivity index is 1.81. The lowest BCUT2D eigenvalue weighted by molar-refractivity contribution is -0.144. The molecule has 5 nitrogen and oxygen atoms in total. The topological polar surface area (TPSA) is 57.7 Å². The van der Waals surface area contributed by atoms with E-state index in [-0.39, 0.29) is 11.7 Å². The maximum atomic E-state index is 13.0. The number of alkyl halides is 3. The zero-order valence-corrected chi connectivity index (χ0v) is 11.9. The predicted molar refractivity (Wildman–Crippen MR) is 74.4 cm³/mol. The average molecular weight is 311 g/mol. The summed E-state index contributed by atoms with van der Waals surface area (Å²) in [6.07, 6.45) is 2.35. The van der Waals surface area contributed by atoms with Crippen molar-refractivity contribution in [2.24, 2.45) is 5.92 Å². The van der Waals surface area contributed by atoms with Gasteiger partial charge in [0.25, 0.3) is 0 Å². The van der Waals surface area contributed by atoms with Crippen LogP contribution in [0.4, 0.5) is 19.0 Å². The third kappa shape index (κ3) is 2.12. The van der Waals surface area contributed by atoms with E-state index in [1.807, 2.05) is 4.90 Å². The van der Waals surface area contributed by atoms with Gasteiger partial charge in [0.05, 0.1) is 6.33 Å². The van der Waals surface area contributed by atoms with Crippen molar-refractivity contribution in [2.75, 3.05) is 11.4 Å². The highest BCUT2D eigenvalue weighted by molar-refractivity contribution is 5.83. The lowest BCUT2D eigenvalue weighted by atomic mass is 9.85. The summed E-state index contributed by atoms with van der Waals surface area (Å²) in [5, 5.41) is 0. The molecule has 0 bridgehead atoms. The van der Waals surface area contributed by atoms with Crippen LogP contribution in [0.25, 0.3) is 11.2 Å². The minimum Gasteiger partial charge on any atom is -0.351 e. The summed E-state index contributed by atoms with van der Waals surface area (Å²) in [6.45, 7) is 0.748. The van der Waals surface area contributed by atoms with Crippen molar-refractivity contribution in [3.05, 3.63) is 12.2 Å². The molecule has 118 valence electrons. The van der Waals surface area contributed by atoms with Crippen LogP contribution in [-0.4, -0.2) is 32.5 Å².